The third kappa shape index (κ3) is 4.46. The Hall–Kier alpha value is -2.81. The number of fused-ring (bicyclic) bond motifs is 1. The van der Waals surface area contributed by atoms with Gasteiger partial charge in [-0.25, -0.2) is 18.5 Å². The Morgan fingerprint density at radius 1 is 1.06 bits per heavy atom. The van der Waals surface area contributed by atoms with Crippen molar-refractivity contribution in [2.75, 3.05) is 0 Å². The Kier molecular flexibility index (Phi) is 6.04. The molecule has 0 fully saturated rings. The summed E-state index contributed by atoms with van der Waals surface area (Å²) in [5.74, 6) is 0.793. The summed E-state index contributed by atoms with van der Waals surface area (Å²) in [6, 6.07) is 16.1. The largest absolute Gasteiger partial charge is 0.291 e. The fourth-order valence-electron chi connectivity index (χ4n) is 3.60. The van der Waals surface area contributed by atoms with Gasteiger partial charge in [0, 0.05) is 12.0 Å². The number of benzene rings is 2. The zero-order chi connectivity index (χ0) is 22.0. The van der Waals surface area contributed by atoms with E-state index < -0.39 is 10.0 Å². The number of rotatable bonds is 7. The second kappa shape index (κ2) is 8.74. The molecule has 0 radical (unpaired) electrons. The summed E-state index contributed by atoms with van der Waals surface area (Å²) in [4.78, 5) is 17.9. The summed E-state index contributed by atoms with van der Waals surface area (Å²) >= 11 is 1.41. The lowest BCUT2D eigenvalue weighted by molar-refractivity contribution is 0.598. The molecule has 2 aromatic heterocycles. The second-order valence-electron chi connectivity index (χ2n) is 7.40. The molecule has 31 heavy (non-hydrogen) atoms. The molecule has 0 bridgehead atoms. The van der Waals surface area contributed by atoms with Crippen molar-refractivity contribution < 1.29 is 8.42 Å². The summed E-state index contributed by atoms with van der Waals surface area (Å²) in [6.07, 6.45) is 2.73. The summed E-state index contributed by atoms with van der Waals surface area (Å²) < 4.78 is 26.2. The van der Waals surface area contributed by atoms with Crippen LogP contribution in [0, 0.1) is 0 Å². The van der Waals surface area contributed by atoms with Gasteiger partial charge in [0.1, 0.15) is 10.5 Å². The molecule has 0 atom stereocenters. The number of nitrogens with two attached hydrogens (primary N) is 1. The van der Waals surface area contributed by atoms with Gasteiger partial charge in [0.25, 0.3) is 5.56 Å². The van der Waals surface area contributed by atoms with Crippen LogP contribution in [0.5, 0.6) is 0 Å². The van der Waals surface area contributed by atoms with Crippen molar-refractivity contribution in [3.63, 3.8) is 0 Å². The molecule has 0 saturated heterocycles. The van der Waals surface area contributed by atoms with E-state index in [9.17, 15) is 13.2 Å². The van der Waals surface area contributed by atoms with Crippen LogP contribution in [0.25, 0.3) is 21.3 Å². The van der Waals surface area contributed by atoms with Gasteiger partial charge in [0.05, 0.1) is 17.0 Å². The fraction of sp³-hybridized carbons (Fsp3) is 0.217. The molecule has 4 aromatic rings. The van der Waals surface area contributed by atoms with E-state index in [4.69, 9.17) is 10.1 Å². The minimum atomic E-state index is -3.83. The van der Waals surface area contributed by atoms with Crippen LogP contribution in [0.2, 0.25) is 0 Å². The van der Waals surface area contributed by atoms with Gasteiger partial charge in [-0.3, -0.25) is 9.36 Å². The highest BCUT2D eigenvalue weighted by molar-refractivity contribution is 7.89. The van der Waals surface area contributed by atoms with Gasteiger partial charge in [0.15, 0.2) is 0 Å². The maximum absolute atomic E-state index is 13.1. The Bertz CT molecular complexity index is 1390. The number of aromatic nitrogens is 2. The van der Waals surface area contributed by atoms with Crippen molar-refractivity contribution in [1.29, 1.82) is 0 Å². The Labute approximate surface area is 185 Å². The molecule has 0 aliphatic heterocycles. The van der Waals surface area contributed by atoms with Gasteiger partial charge in [-0.05, 0) is 35.1 Å². The molecule has 0 unspecified atom stereocenters. The van der Waals surface area contributed by atoms with Gasteiger partial charge in [0.2, 0.25) is 10.0 Å². The van der Waals surface area contributed by atoms with Gasteiger partial charge in [-0.1, -0.05) is 55.8 Å². The predicted octanol–water partition coefficient (Wildman–Crippen LogP) is 4.16. The molecule has 0 amide bonds. The van der Waals surface area contributed by atoms with Crippen LogP contribution >= 0.6 is 11.3 Å². The predicted molar refractivity (Wildman–Crippen MR) is 125 cm³/mol. The topological polar surface area (TPSA) is 95.0 Å². The highest BCUT2D eigenvalue weighted by atomic mass is 32.2. The monoisotopic (exact) mass is 453 g/mol. The Morgan fingerprint density at radius 2 is 1.81 bits per heavy atom. The van der Waals surface area contributed by atoms with Crippen molar-refractivity contribution in [2.24, 2.45) is 5.14 Å². The van der Waals surface area contributed by atoms with E-state index in [-0.39, 0.29) is 10.5 Å². The van der Waals surface area contributed by atoms with E-state index in [0.29, 0.717) is 16.8 Å². The zero-order valence-electron chi connectivity index (χ0n) is 17.1. The number of unbranched alkanes of at least 4 members (excludes halogenated alkanes) is 1. The quantitative estimate of drug-likeness (QED) is 0.454. The fourth-order valence-corrected chi connectivity index (χ4v) is 5.14. The molecular formula is C23H23N3O3S2. The molecule has 0 aliphatic carbocycles. The normalized spacial score (nSPS) is 11.8. The molecule has 8 heteroatoms. The number of sulfonamides is 1. The van der Waals surface area contributed by atoms with Gasteiger partial charge in [-0.2, -0.15) is 0 Å². The minimum Gasteiger partial charge on any atom is -0.291 e. The molecule has 0 saturated carbocycles. The van der Waals surface area contributed by atoms with Crippen molar-refractivity contribution >= 4 is 31.6 Å². The minimum absolute atomic E-state index is 0.0187. The van der Waals surface area contributed by atoms with Crippen LogP contribution in [-0.4, -0.2) is 18.0 Å². The first-order valence-corrected chi connectivity index (χ1v) is 12.5. The van der Waals surface area contributed by atoms with Crippen LogP contribution in [0.15, 0.2) is 69.7 Å². The van der Waals surface area contributed by atoms with Crippen LogP contribution in [0.1, 0.15) is 31.2 Å². The average molecular weight is 454 g/mol. The van der Waals surface area contributed by atoms with Crippen LogP contribution in [-0.2, 0) is 23.0 Å². The first-order valence-electron chi connectivity index (χ1n) is 10.1. The van der Waals surface area contributed by atoms with Crippen molar-refractivity contribution in [3.8, 4) is 11.1 Å². The molecule has 2 aromatic carbocycles. The first kappa shape index (κ1) is 21.4. The molecule has 6 nitrogen and oxygen atoms in total. The van der Waals surface area contributed by atoms with E-state index in [0.717, 1.165) is 41.7 Å². The maximum atomic E-state index is 13.1. The molecule has 4 rings (SSSR count). The summed E-state index contributed by atoms with van der Waals surface area (Å²) in [5.41, 5.74) is 2.98. The lowest BCUT2D eigenvalue weighted by atomic mass is 10.0. The lowest BCUT2D eigenvalue weighted by Gasteiger charge is -2.13. The zero-order valence-corrected chi connectivity index (χ0v) is 18.7. The van der Waals surface area contributed by atoms with E-state index in [1.807, 2.05) is 35.7 Å². The molecule has 0 aliphatic rings. The highest BCUT2D eigenvalue weighted by Gasteiger charge is 2.15. The SMILES string of the molecule is CCCCc1nc2ccsc2c(=O)n1Cc1ccc(-c2ccccc2S(N)(=O)=O)cc1. The van der Waals surface area contributed by atoms with Gasteiger partial charge < -0.3 is 0 Å². The van der Waals surface area contributed by atoms with Gasteiger partial charge in [-0.15, -0.1) is 11.3 Å². The number of primary sulfonamides is 1. The number of nitrogens with zero attached hydrogens (tertiary/aromatic N) is 2. The summed E-state index contributed by atoms with van der Waals surface area (Å²) in [6.45, 7) is 2.53. The Morgan fingerprint density at radius 3 is 2.52 bits per heavy atom. The molecular weight excluding hydrogens is 430 g/mol. The average Bonchev–Trinajstić information content (AvgIpc) is 3.23. The van der Waals surface area contributed by atoms with E-state index in [1.54, 1.807) is 22.8 Å². The number of hydrogen-bond donors (Lipinski definition) is 1. The summed E-state index contributed by atoms with van der Waals surface area (Å²) in [5, 5.41) is 7.26. The number of hydrogen-bond acceptors (Lipinski definition) is 5. The third-order valence-corrected chi connectivity index (χ3v) is 7.06. The standard InChI is InChI=1S/C23H23N3O3S2/c1-2-3-8-21-25-19-13-14-30-22(19)23(27)26(21)15-16-9-11-17(12-10-16)18-6-4-5-7-20(18)31(24,28)29/h4-7,9-14H,2-3,8,15H2,1H3,(H2,24,28,29). The van der Waals surface area contributed by atoms with Crippen molar-refractivity contribution in [3.05, 3.63) is 81.7 Å². The smallest absolute Gasteiger partial charge is 0.271 e. The molecule has 2 heterocycles. The van der Waals surface area contributed by atoms with Crippen LogP contribution in [0.4, 0.5) is 0 Å². The van der Waals surface area contributed by atoms with E-state index >= 15 is 0 Å². The lowest BCUT2D eigenvalue weighted by Crippen LogP contribution is -2.25. The maximum Gasteiger partial charge on any atom is 0.271 e. The third-order valence-electron chi connectivity index (χ3n) is 5.20. The molecule has 2 N–H and O–H groups in total. The molecule has 160 valence electrons. The summed E-state index contributed by atoms with van der Waals surface area (Å²) in [7, 11) is -3.83. The highest BCUT2D eigenvalue weighted by Crippen LogP contribution is 2.27. The first-order chi connectivity index (χ1) is 14.9. The van der Waals surface area contributed by atoms with Gasteiger partial charge >= 0.3 is 0 Å². The number of thiophene rings is 1. The molecule has 0 spiro atoms. The number of aryl methyl sites for hydroxylation is 1. The van der Waals surface area contributed by atoms with Crippen LogP contribution in [0.3, 0.4) is 0 Å². The van der Waals surface area contributed by atoms with E-state index in [2.05, 4.69) is 6.92 Å². The van der Waals surface area contributed by atoms with Crippen molar-refractivity contribution in [1.82, 2.24) is 9.55 Å². The second-order valence-corrected chi connectivity index (χ2v) is 9.84. The van der Waals surface area contributed by atoms with Crippen LogP contribution < -0.4 is 10.7 Å². The van der Waals surface area contributed by atoms with E-state index in [1.165, 1.54) is 17.4 Å². The van der Waals surface area contributed by atoms with Crippen molar-refractivity contribution in [2.45, 2.75) is 37.6 Å². The Balaban J connectivity index is 1.70.